The number of aliphatic carboxylic acids is 1. The summed E-state index contributed by atoms with van der Waals surface area (Å²) in [6.45, 7) is 11.8. The van der Waals surface area contributed by atoms with Crippen molar-refractivity contribution in [3.63, 3.8) is 0 Å². The lowest BCUT2D eigenvalue weighted by Gasteiger charge is -2.58. The number of fused-ring (bicyclic) bond motifs is 7. The number of hydrogen-bond acceptors (Lipinski definition) is 5. The van der Waals surface area contributed by atoms with Gasteiger partial charge >= 0.3 is 11.9 Å². The second-order valence-corrected chi connectivity index (χ2v) is 14.1. The molecule has 3 saturated carbocycles. The Bertz CT molecular complexity index is 1090. The second-order valence-electron chi connectivity index (χ2n) is 14.1. The highest BCUT2D eigenvalue weighted by Gasteiger charge is 2.63. The lowest BCUT2D eigenvalue weighted by molar-refractivity contribution is -0.154. The fourth-order valence-corrected chi connectivity index (χ4v) is 9.56. The first kappa shape index (κ1) is 29.2. The van der Waals surface area contributed by atoms with Crippen molar-refractivity contribution in [2.24, 2.45) is 40.4 Å². The molecule has 1 heterocycles. The standard InChI is InChI=1S/C33H49NO6/c1-19(18-34-21(3)35)6-9-27-20(2)31-28(40-27)17-26-24-8-7-22-16-23(39-30(38)11-10-29(36)37)12-14-32(22,4)25(24)13-15-33(26,31)5/h7,19,23-26,28,31H,6,8-18H2,1-5H3,(H,34,35)(H,36,37)/t19-,23+,24+,25-,26-,28-,31-,32-,33-/m0/s1. The lowest BCUT2D eigenvalue weighted by atomic mass is 9.47. The van der Waals surface area contributed by atoms with Crippen LogP contribution in [0.15, 0.2) is 23.0 Å². The number of allylic oxidation sites excluding steroid dienone is 2. The Kier molecular flexibility index (Phi) is 8.15. The highest BCUT2D eigenvalue weighted by atomic mass is 16.5. The highest BCUT2D eigenvalue weighted by Crippen LogP contribution is 2.69. The van der Waals surface area contributed by atoms with Crippen LogP contribution in [0.25, 0.3) is 0 Å². The molecule has 0 spiro atoms. The molecule has 4 aliphatic carbocycles. The molecule has 40 heavy (non-hydrogen) atoms. The monoisotopic (exact) mass is 555 g/mol. The Morgan fingerprint density at radius 3 is 2.67 bits per heavy atom. The van der Waals surface area contributed by atoms with Crippen molar-refractivity contribution in [3.8, 4) is 0 Å². The minimum atomic E-state index is -0.963. The maximum atomic E-state index is 12.2. The summed E-state index contributed by atoms with van der Waals surface area (Å²) < 4.78 is 12.4. The molecule has 9 atom stereocenters. The molecule has 1 aliphatic heterocycles. The van der Waals surface area contributed by atoms with Crippen LogP contribution in [0.5, 0.6) is 0 Å². The van der Waals surface area contributed by atoms with E-state index in [4.69, 9.17) is 14.6 Å². The number of amides is 1. The van der Waals surface area contributed by atoms with Gasteiger partial charge in [-0.3, -0.25) is 14.4 Å². The summed E-state index contributed by atoms with van der Waals surface area (Å²) in [4.78, 5) is 34.3. The zero-order valence-corrected chi connectivity index (χ0v) is 25.1. The molecule has 0 aromatic rings. The molecule has 2 N–H and O–H groups in total. The predicted octanol–water partition coefficient (Wildman–Crippen LogP) is 6.18. The van der Waals surface area contributed by atoms with Gasteiger partial charge in [-0.1, -0.05) is 32.4 Å². The SMILES string of the molecule is CC(=O)NC[C@@H](C)CCC1=C(C)[C@H]2[C@H](C[C@H]3[C@@H]4CC=C5C[C@H](OC(=O)CCC(=O)O)CC[C@]5(C)[C@H]4CC[C@@]32C)O1. The molecular weight excluding hydrogens is 506 g/mol. The first-order valence-corrected chi connectivity index (χ1v) is 15.6. The van der Waals surface area contributed by atoms with Crippen molar-refractivity contribution >= 4 is 17.8 Å². The molecule has 0 radical (unpaired) electrons. The van der Waals surface area contributed by atoms with Crippen molar-refractivity contribution < 1.29 is 29.0 Å². The second kappa shape index (κ2) is 11.2. The molecule has 0 unspecified atom stereocenters. The zero-order valence-electron chi connectivity index (χ0n) is 25.1. The van der Waals surface area contributed by atoms with E-state index < -0.39 is 5.97 Å². The summed E-state index contributed by atoms with van der Waals surface area (Å²) in [7, 11) is 0. The summed E-state index contributed by atoms with van der Waals surface area (Å²) in [6, 6.07) is 0. The van der Waals surface area contributed by atoms with E-state index in [0.717, 1.165) is 51.5 Å². The van der Waals surface area contributed by atoms with Gasteiger partial charge in [0.1, 0.15) is 12.2 Å². The van der Waals surface area contributed by atoms with Gasteiger partial charge in [-0.15, -0.1) is 0 Å². The van der Waals surface area contributed by atoms with E-state index in [2.05, 4.69) is 39.1 Å². The number of carbonyl (C=O) groups excluding carboxylic acids is 2. The third kappa shape index (κ3) is 5.34. The first-order valence-electron chi connectivity index (χ1n) is 15.6. The molecule has 0 aromatic carbocycles. The summed E-state index contributed by atoms with van der Waals surface area (Å²) in [5, 5.41) is 11.8. The van der Waals surface area contributed by atoms with Crippen molar-refractivity contribution in [2.45, 2.75) is 117 Å². The van der Waals surface area contributed by atoms with Crippen LogP contribution in [0.1, 0.15) is 105 Å². The quantitative estimate of drug-likeness (QED) is 0.260. The number of esters is 1. The Morgan fingerprint density at radius 2 is 1.95 bits per heavy atom. The van der Waals surface area contributed by atoms with Crippen LogP contribution < -0.4 is 5.32 Å². The van der Waals surface area contributed by atoms with Crippen molar-refractivity contribution in [3.05, 3.63) is 23.0 Å². The molecule has 5 rings (SSSR count). The normalized spacial score (nSPS) is 38.7. The van der Waals surface area contributed by atoms with Gasteiger partial charge in [-0.25, -0.2) is 0 Å². The van der Waals surface area contributed by atoms with E-state index in [1.165, 1.54) is 29.7 Å². The zero-order chi connectivity index (χ0) is 28.8. The van der Waals surface area contributed by atoms with Crippen LogP contribution in [-0.4, -0.2) is 41.7 Å². The van der Waals surface area contributed by atoms with Crippen LogP contribution in [0.3, 0.4) is 0 Å². The van der Waals surface area contributed by atoms with Gasteiger partial charge in [0.25, 0.3) is 0 Å². The molecule has 0 aromatic heterocycles. The molecule has 222 valence electrons. The van der Waals surface area contributed by atoms with Crippen LogP contribution in [0.4, 0.5) is 0 Å². The van der Waals surface area contributed by atoms with Crippen molar-refractivity contribution in [1.29, 1.82) is 0 Å². The van der Waals surface area contributed by atoms with Crippen LogP contribution in [-0.2, 0) is 23.9 Å². The van der Waals surface area contributed by atoms with Crippen LogP contribution in [0.2, 0.25) is 0 Å². The van der Waals surface area contributed by atoms with Gasteiger partial charge in [0, 0.05) is 32.2 Å². The number of hydrogen-bond donors (Lipinski definition) is 2. The van der Waals surface area contributed by atoms with E-state index in [-0.39, 0.29) is 41.7 Å². The Hall–Kier alpha value is -2.31. The number of nitrogens with one attached hydrogen (secondary N) is 1. The maximum Gasteiger partial charge on any atom is 0.306 e. The van der Waals surface area contributed by atoms with Crippen LogP contribution in [0, 0.1) is 40.4 Å². The Labute approximate surface area is 239 Å². The van der Waals surface area contributed by atoms with E-state index >= 15 is 0 Å². The minimum absolute atomic E-state index is 0.0338. The molecule has 1 amide bonds. The van der Waals surface area contributed by atoms with Gasteiger partial charge in [-0.05, 0) is 91.9 Å². The summed E-state index contributed by atoms with van der Waals surface area (Å²) in [6.07, 6.45) is 11.8. The van der Waals surface area contributed by atoms with E-state index in [1.807, 2.05) is 0 Å². The number of carbonyl (C=O) groups is 3. The van der Waals surface area contributed by atoms with Gasteiger partial charge in [0.2, 0.25) is 5.91 Å². The topological polar surface area (TPSA) is 102 Å². The number of carboxylic acids is 1. The van der Waals surface area contributed by atoms with E-state index in [0.29, 0.717) is 35.7 Å². The third-order valence-electron chi connectivity index (χ3n) is 11.7. The fourth-order valence-electron chi connectivity index (χ4n) is 9.56. The highest BCUT2D eigenvalue weighted by molar-refractivity contribution is 5.76. The molecule has 7 nitrogen and oxygen atoms in total. The van der Waals surface area contributed by atoms with Gasteiger partial charge in [0.05, 0.1) is 18.6 Å². The Morgan fingerprint density at radius 1 is 1.18 bits per heavy atom. The average Bonchev–Trinajstić information content (AvgIpc) is 3.38. The van der Waals surface area contributed by atoms with E-state index in [9.17, 15) is 14.4 Å². The van der Waals surface area contributed by atoms with Crippen molar-refractivity contribution in [2.75, 3.05) is 6.54 Å². The Balaban J connectivity index is 1.24. The summed E-state index contributed by atoms with van der Waals surface area (Å²) in [5.74, 6) is 2.83. The molecule has 0 bridgehead atoms. The average molecular weight is 556 g/mol. The fraction of sp³-hybridized carbons (Fsp3) is 0.788. The van der Waals surface area contributed by atoms with Gasteiger partial charge in [-0.2, -0.15) is 0 Å². The molecular formula is C33H49NO6. The largest absolute Gasteiger partial charge is 0.494 e. The number of carboxylic acid groups (broad SMARTS) is 1. The lowest BCUT2D eigenvalue weighted by Crippen LogP contribution is -2.50. The smallest absolute Gasteiger partial charge is 0.306 e. The van der Waals surface area contributed by atoms with Crippen molar-refractivity contribution in [1.82, 2.24) is 5.32 Å². The first-order chi connectivity index (χ1) is 18.9. The number of ether oxygens (including phenoxy) is 2. The van der Waals surface area contributed by atoms with Crippen LogP contribution >= 0.6 is 0 Å². The van der Waals surface area contributed by atoms with Gasteiger partial charge in [0.15, 0.2) is 0 Å². The predicted molar refractivity (Wildman–Crippen MR) is 152 cm³/mol. The molecule has 5 aliphatic rings. The third-order valence-corrected chi connectivity index (χ3v) is 11.7. The van der Waals surface area contributed by atoms with E-state index in [1.54, 1.807) is 6.92 Å². The molecule has 7 heteroatoms. The van der Waals surface area contributed by atoms with Gasteiger partial charge < -0.3 is 19.9 Å². The molecule has 3 fully saturated rings. The minimum Gasteiger partial charge on any atom is -0.494 e. The summed E-state index contributed by atoms with van der Waals surface area (Å²) >= 11 is 0. The maximum absolute atomic E-state index is 12.2. The summed E-state index contributed by atoms with van der Waals surface area (Å²) in [5.41, 5.74) is 3.37. The molecule has 0 saturated heterocycles. The number of rotatable bonds is 9.